The maximum absolute atomic E-state index is 12.2. The van der Waals surface area contributed by atoms with Gasteiger partial charge in [0.15, 0.2) is 11.2 Å². The first-order chi connectivity index (χ1) is 10.2. The molecular weight excluding hydrogens is 290 g/mol. The zero-order valence-electron chi connectivity index (χ0n) is 11.2. The molecule has 3 aromatic rings. The van der Waals surface area contributed by atoms with E-state index in [1.165, 1.54) is 0 Å². The Balaban J connectivity index is 2.02. The van der Waals surface area contributed by atoms with E-state index >= 15 is 0 Å². The van der Waals surface area contributed by atoms with E-state index in [0.29, 0.717) is 41.5 Å². The fraction of sp³-hybridized carbons (Fsp3) is 0.214. The number of nitrogens with one attached hydrogen (secondary N) is 1. The third-order valence-electron chi connectivity index (χ3n) is 3.16. The second-order valence-corrected chi connectivity index (χ2v) is 5.16. The molecule has 0 fully saturated rings. The lowest BCUT2D eigenvalue weighted by Gasteiger charge is -2.05. The Labute approximate surface area is 125 Å². The lowest BCUT2D eigenvalue weighted by atomic mass is 10.2. The number of halogens is 1. The van der Waals surface area contributed by atoms with Crippen LogP contribution in [0.15, 0.2) is 35.4 Å². The molecule has 0 aliphatic carbocycles. The first-order valence-electron chi connectivity index (χ1n) is 6.56. The SMILES string of the molecule is NCCc1nc2ncn(Cc3cccc(Cl)c3)c2c(=O)[nH]1. The quantitative estimate of drug-likeness (QED) is 0.760. The normalized spacial score (nSPS) is 11.1. The highest BCUT2D eigenvalue weighted by Crippen LogP contribution is 2.14. The molecule has 0 aliphatic heterocycles. The van der Waals surface area contributed by atoms with Crippen LogP contribution in [0.4, 0.5) is 0 Å². The van der Waals surface area contributed by atoms with Crippen molar-refractivity contribution in [3.05, 3.63) is 57.4 Å². The van der Waals surface area contributed by atoms with Crippen molar-refractivity contribution >= 4 is 22.8 Å². The maximum atomic E-state index is 12.2. The van der Waals surface area contributed by atoms with Crippen molar-refractivity contribution in [1.82, 2.24) is 19.5 Å². The first-order valence-corrected chi connectivity index (χ1v) is 6.93. The van der Waals surface area contributed by atoms with Crippen molar-refractivity contribution < 1.29 is 0 Å². The molecule has 0 spiro atoms. The van der Waals surface area contributed by atoms with Gasteiger partial charge in [0.1, 0.15) is 5.82 Å². The molecule has 3 rings (SSSR count). The van der Waals surface area contributed by atoms with E-state index in [2.05, 4.69) is 15.0 Å². The highest BCUT2D eigenvalue weighted by molar-refractivity contribution is 6.30. The molecule has 3 N–H and O–H groups in total. The van der Waals surface area contributed by atoms with E-state index in [1.807, 2.05) is 24.3 Å². The summed E-state index contributed by atoms with van der Waals surface area (Å²) in [5, 5.41) is 0.661. The van der Waals surface area contributed by atoms with Gasteiger partial charge < -0.3 is 15.3 Å². The van der Waals surface area contributed by atoms with Crippen molar-refractivity contribution in [3.63, 3.8) is 0 Å². The predicted octanol–water partition coefficient (Wildman–Crippen LogP) is 1.32. The van der Waals surface area contributed by atoms with Crippen molar-refractivity contribution in [2.24, 2.45) is 5.73 Å². The van der Waals surface area contributed by atoms with Gasteiger partial charge in [-0.15, -0.1) is 0 Å². The predicted molar refractivity (Wildman–Crippen MR) is 81.5 cm³/mol. The average Bonchev–Trinajstić information content (AvgIpc) is 2.83. The third kappa shape index (κ3) is 2.81. The lowest BCUT2D eigenvalue weighted by molar-refractivity contribution is 0.814. The molecule has 0 saturated heterocycles. The van der Waals surface area contributed by atoms with Crippen LogP contribution in [0.5, 0.6) is 0 Å². The number of hydrogen-bond acceptors (Lipinski definition) is 4. The Kier molecular flexibility index (Phi) is 3.72. The molecule has 0 amide bonds. The molecule has 0 saturated carbocycles. The van der Waals surface area contributed by atoms with Gasteiger partial charge in [-0.3, -0.25) is 4.79 Å². The number of rotatable bonds is 4. The summed E-state index contributed by atoms with van der Waals surface area (Å²) >= 11 is 5.97. The molecule has 108 valence electrons. The number of benzene rings is 1. The van der Waals surface area contributed by atoms with Gasteiger partial charge in [-0.2, -0.15) is 0 Å². The van der Waals surface area contributed by atoms with E-state index in [1.54, 1.807) is 10.9 Å². The van der Waals surface area contributed by atoms with Gasteiger partial charge in [0, 0.05) is 18.0 Å². The van der Waals surface area contributed by atoms with Crippen molar-refractivity contribution in [2.45, 2.75) is 13.0 Å². The van der Waals surface area contributed by atoms with Gasteiger partial charge in [-0.1, -0.05) is 23.7 Å². The van der Waals surface area contributed by atoms with Crippen LogP contribution in [-0.4, -0.2) is 26.1 Å². The van der Waals surface area contributed by atoms with Crippen LogP contribution in [0, 0.1) is 0 Å². The molecule has 0 atom stereocenters. The van der Waals surface area contributed by atoms with Gasteiger partial charge in [-0.25, -0.2) is 9.97 Å². The standard InChI is InChI=1S/C14H14ClN5O/c15-10-3-1-2-9(6-10)7-20-8-17-13-12(20)14(21)19-11(18-13)4-5-16/h1-3,6,8H,4-5,7,16H2,(H,18,19,21). The van der Waals surface area contributed by atoms with E-state index in [-0.39, 0.29) is 5.56 Å². The van der Waals surface area contributed by atoms with E-state index in [0.717, 1.165) is 5.56 Å². The molecule has 0 unspecified atom stereocenters. The minimum atomic E-state index is -0.206. The zero-order chi connectivity index (χ0) is 14.8. The summed E-state index contributed by atoms with van der Waals surface area (Å²) in [6, 6.07) is 7.49. The molecule has 2 aromatic heterocycles. The van der Waals surface area contributed by atoms with Gasteiger partial charge in [0.2, 0.25) is 0 Å². The number of imidazole rings is 1. The van der Waals surface area contributed by atoms with Gasteiger partial charge in [-0.05, 0) is 24.2 Å². The Bertz CT molecular complexity index is 839. The Morgan fingerprint density at radius 1 is 1.38 bits per heavy atom. The van der Waals surface area contributed by atoms with Gasteiger partial charge in [0.05, 0.1) is 6.33 Å². The van der Waals surface area contributed by atoms with Crippen molar-refractivity contribution in [2.75, 3.05) is 6.54 Å². The summed E-state index contributed by atoms with van der Waals surface area (Å²) in [6.45, 7) is 0.940. The summed E-state index contributed by atoms with van der Waals surface area (Å²) in [4.78, 5) is 23.4. The van der Waals surface area contributed by atoms with E-state index in [9.17, 15) is 4.79 Å². The number of H-pyrrole nitrogens is 1. The smallest absolute Gasteiger partial charge is 0.277 e. The van der Waals surface area contributed by atoms with Crippen LogP contribution >= 0.6 is 11.6 Å². The molecule has 21 heavy (non-hydrogen) atoms. The fourth-order valence-electron chi connectivity index (χ4n) is 2.24. The molecule has 0 bridgehead atoms. The van der Waals surface area contributed by atoms with Gasteiger partial charge >= 0.3 is 0 Å². The van der Waals surface area contributed by atoms with E-state index in [4.69, 9.17) is 17.3 Å². The van der Waals surface area contributed by atoms with Crippen LogP contribution in [0.2, 0.25) is 5.02 Å². The number of hydrogen-bond donors (Lipinski definition) is 2. The number of aromatic amines is 1. The molecule has 6 nitrogen and oxygen atoms in total. The number of nitrogens with zero attached hydrogens (tertiary/aromatic N) is 3. The highest BCUT2D eigenvalue weighted by atomic mass is 35.5. The molecule has 0 radical (unpaired) electrons. The van der Waals surface area contributed by atoms with Gasteiger partial charge in [0.25, 0.3) is 5.56 Å². The van der Waals surface area contributed by atoms with Crippen molar-refractivity contribution in [1.29, 1.82) is 0 Å². The monoisotopic (exact) mass is 303 g/mol. The molecule has 1 aromatic carbocycles. The second-order valence-electron chi connectivity index (χ2n) is 4.73. The van der Waals surface area contributed by atoms with Crippen LogP contribution in [0.3, 0.4) is 0 Å². The minimum Gasteiger partial charge on any atom is -0.330 e. The van der Waals surface area contributed by atoms with Crippen LogP contribution in [0.25, 0.3) is 11.2 Å². The maximum Gasteiger partial charge on any atom is 0.277 e. The van der Waals surface area contributed by atoms with Crippen LogP contribution in [0.1, 0.15) is 11.4 Å². The van der Waals surface area contributed by atoms with Crippen LogP contribution < -0.4 is 11.3 Å². The Morgan fingerprint density at radius 2 is 2.24 bits per heavy atom. The topological polar surface area (TPSA) is 89.6 Å². The summed E-state index contributed by atoms with van der Waals surface area (Å²) in [6.07, 6.45) is 2.13. The summed E-state index contributed by atoms with van der Waals surface area (Å²) in [5.41, 5.74) is 7.15. The summed E-state index contributed by atoms with van der Waals surface area (Å²) < 4.78 is 1.76. The number of fused-ring (bicyclic) bond motifs is 1. The highest BCUT2D eigenvalue weighted by Gasteiger charge is 2.10. The summed E-state index contributed by atoms with van der Waals surface area (Å²) in [7, 11) is 0. The fourth-order valence-corrected chi connectivity index (χ4v) is 2.45. The lowest BCUT2D eigenvalue weighted by Crippen LogP contribution is -2.17. The minimum absolute atomic E-state index is 0.206. The largest absolute Gasteiger partial charge is 0.330 e. The Morgan fingerprint density at radius 3 is 3.00 bits per heavy atom. The number of nitrogens with two attached hydrogens (primary N) is 1. The van der Waals surface area contributed by atoms with E-state index < -0.39 is 0 Å². The molecule has 0 aliphatic rings. The molecule has 7 heteroatoms. The number of aromatic nitrogens is 4. The zero-order valence-corrected chi connectivity index (χ0v) is 12.0. The molecule has 2 heterocycles. The first kappa shape index (κ1) is 13.8. The summed E-state index contributed by atoms with van der Waals surface area (Å²) in [5.74, 6) is 0.558. The Hall–Kier alpha value is -2.18. The second kappa shape index (κ2) is 5.67. The third-order valence-corrected chi connectivity index (χ3v) is 3.39. The van der Waals surface area contributed by atoms with Crippen LogP contribution in [-0.2, 0) is 13.0 Å². The van der Waals surface area contributed by atoms with Crippen molar-refractivity contribution in [3.8, 4) is 0 Å². The average molecular weight is 304 g/mol. The molecular formula is C14H14ClN5O.